The molecular formula is C15H24O5SSi. The first-order valence-corrected chi connectivity index (χ1v) is 11.6. The van der Waals surface area contributed by atoms with E-state index in [4.69, 9.17) is 12.8 Å². The van der Waals surface area contributed by atoms with Crippen LogP contribution in [-0.4, -0.2) is 29.4 Å². The third-order valence-corrected chi connectivity index (χ3v) is 9.77. The van der Waals surface area contributed by atoms with E-state index in [1.54, 1.807) is 0 Å². The van der Waals surface area contributed by atoms with Crippen molar-refractivity contribution in [1.82, 2.24) is 0 Å². The zero-order chi connectivity index (χ0) is 16.6. The van der Waals surface area contributed by atoms with E-state index in [9.17, 15) is 8.42 Å². The van der Waals surface area contributed by atoms with Crippen molar-refractivity contribution in [1.29, 1.82) is 0 Å². The standard InChI is InChI=1S/C15H24O5SSi/c1-15(2,3)22(4,5)18-11-13-14(20-21(16,17)19-13)12-9-7-6-8-10-12/h6-10,13-14H,11H2,1-5H3/t13-,14-/m1/s1. The first-order valence-electron chi connectivity index (χ1n) is 7.32. The van der Waals surface area contributed by atoms with Gasteiger partial charge >= 0.3 is 10.4 Å². The molecule has 2 rings (SSSR count). The van der Waals surface area contributed by atoms with E-state index in [1.807, 2.05) is 30.3 Å². The Kier molecular flexibility index (Phi) is 4.84. The maximum atomic E-state index is 11.7. The summed E-state index contributed by atoms with van der Waals surface area (Å²) in [5.74, 6) is 0. The molecule has 0 saturated carbocycles. The van der Waals surface area contributed by atoms with Crippen LogP contribution in [0.5, 0.6) is 0 Å². The van der Waals surface area contributed by atoms with Crippen LogP contribution in [0.2, 0.25) is 18.1 Å². The van der Waals surface area contributed by atoms with Gasteiger partial charge in [-0.05, 0) is 23.7 Å². The van der Waals surface area contributed by atoms with Crippen LogP contribution in [0.1, 0.15) is 32.4 Å². The molecule has 7 heteroatoms. The van der Waals surface area contributed by atoms with Crippen molar-refractivity contribution in [3.05, 3.63) is 35.9 Å². The topological polar surface area (TPSA) is 61.8 Å². The predicted molar refractivity (Wildman–Crippen MR) is 87.2 cm³/mol. The van der Waals surface area contributed by atoms with Gasteiger partial charge in [-0.3, -0.25) is 0 Å². The molecule has 1 aromatic rings. The molecule has 1 aliphatic rings. The molecule has 1 heterocycles. The van der Waals surface area contributed by atoms with Crippen LogP contribution in [0.4, 0.5) is 0 Å². The quantitative estimate of drug-likeness (QED) is 0.783. The van der Waals surface area contributed by atoms with Gasteiger partial charge in [-0.2, -0.15) is 8.42 Å². The SMILES string of the molecule is CC(C)(C)[Si](C)(C)OC[C@H]1OS(=O)(=O)O[C@@H]1c1ccccc1. The lowest BCUT2D eigenvalue weighted by Crippen LogP contribution is -2.43. The molecule has 124 valence electrons. The molecule has 1 saturated heterocycles. The van der Waals surface area contributed by atoms with Crippen molar-refractivity contribution in [3.63, 3.8) is 0 Å². The first-order chi connectivity index (χ1) is 10.0. The molecule has 1 aliphatic heterocycles. The second-order valence-corrected chi connectivity index (χ2v) is 13.1. The van der Waals surface area contributed by atoms with Crippen molar-refractivity contribution < 1.29 is 21.2 Å². The Labute approximate surface area is 134 Å². The molecule has 2 atom stereocenters. The summed E-state index contributed by atoms with van der Waals surface area (Å²) in [7, 11) is -5.94. The van der Waals surface area contributed by atoms with Gasteiger partial charge in [-0.25, -0.2) is 8.37 Å². The zero-order valence-electron chi connectivity index (χ0n) is 13.7. The molecule has 1 aromatic carbocycles. The monoisotopic (exact) mass is 344 g/mol. The lowest BCUT2D eigenvalue weighted by molar-refractivity contribution is 0.0935. The number of hydrogen-bond donors (Lipinski definition) is 0. The fourth-order valence-electron chi connectivity index (χ4n) is 1.95. The molecule has 0 spiro atoms. The van der Waals surface area contributed by atoms with Gasteiger partial charge in [-0.1, -0.05) is 51.1 Å². The van der Waals surface area contributed by atoms with E-state index in [2.05, 4.69) is 33.9 Å². The van der Waals surface area contributed by atoms with Gasteiger partial charge in [0.15, 0.2) is 8.32 Å². The van der Waals surface area contributed by atoms with E-state index < -0.39 is 30.9 Å². The van der Waals surface area contributed by atoms with Gasteiger partial charge in [0.05, 0.1) is 6.61 Å². The highest BCUT2D eigenvalue weighted by atomic mass is 32.3. The summed E-state index contributed by atoms with van der Waals surface area (Å²) in [5, 5.41) is 0.0492. The lowest BCUT2D eigenvalue weighted by Gasteiger charge is -2.36. The van der Waals surface area contributed by atoms with Crippen molar-refractivity contribution in [3.8, 4) is 0 Å². The molecule has 0 amide bonds. The van der Waals surface area contributed by atoms with Crippen LogP contribution in [0.3, 0.4) is 0 Å². The third kappa shape index (κ3) is 3.97. The number of hydrogen-bond acceptors (Lipinski definition) is 5. The van der Waals surface area contributed by atoms with E-state index in [0.29, 0.717) is 0 Å². The molecule has 5 nitrogen and oxygen atoms in total. The Morgan fingerprint density at radius 2 is 1.73 bits per heavy atom. The minimum atomic E-state index is -3.96. The van der Waals surface area contributed by atoms with E-state index >= 15 is 0 Å². The Bertz CT molecular complexity index is 607. The summed E-state index contributed by atoms with van der Waals surface area (Å²) < 4.78 is 39.6. The van der Waals surface area contributed by atoms with Crippen LogP contribution >= 0.6 is 0 Å². The molecule has 0 unspecified atom stereocenters. The molecule has 0 radical (unpaired) electrons. The predicted octanol–water partition coefficient (Wildman–Crippen LogP) is 3.41. The second kappa shape index (κ2) is 6.05. The van der Waals surface area contributed by atoms with Gasteiger partial charge in [-0.15, -0.1) is 0 Å². The van der Waals surface area contributed by atoms with Gasteiger partial charge in [0.1, 0.15) is 12.2 Å². The average molecular weight is 345 g/mol. The fraction of sp³-hybridized carbons (Fsp3) is 0.600. The Morgan fingerprint density at radius 1 is 1.14 bits per heavy atom. The van der Waals surface area contributed by atoms with E-state index in [0.717, 1.165) is 5.56 Å². The molecule has 0 aliphatic carbocycles. The van der Waals surface area contributed by atoms with Crippen LogP contribution < -0.4 is 0 Å². The van der Waals surface area contributed by atoms with Gasteiger partial charge in [0.2, 0.25) is 0 Å². The molecule has 0 bridgehead atoms. The normalized spacial score (nSPS) is 25.3. The fourth-order valence-corrected chi connectivity index (χ4v) is 3.96. The summed E-state index contributed by atoms with van der Waals surface area (Å²) in [6, 6.07) is 9.21. The molecule has 22 heavy (non-hydrogen) atoms. The van der Waals surface area contributed by atoms with Crippen molar-refractivity contribution in [2.24, 2.45) is 0 Å². The molecular weight excluding hydrogens is 320 g/mol. The second-order valence-electron chi connectivity index (χ2n) is 7.04. The molecule has 0 N–H and O–H groups in total. The van der Waals surface area contributed by atoms with Crippen LogP contribution in [0.25, 0.3) is 0 Å². The highest BCUT2D eigenvalue weighted by Crippen LogP contribution is 2.39. The smallest absolute Gasteiger partial charge is 0.401 e. The average Bonchev–Trinajstić information content (AvgIpc) is 2.72. The maximum Gasteiger partial charge on any atom is 0.401 e. The van der Waals surface area contributed by atoms with Crippen LogP contribution in [0.15, 0.2) is 30.3 Å². The Hall–Kier alpha value is -0.733. The summed E-state index contributed by atoms with van der Waals surface area (Å²) in [6.45, 7) is 10.9. The minimum absolute atomic E-state index is 0.0492. The summed E-state index contributed by atoms with van der Waals surface area (Å²) in [6.07, 6.45) is -1.31. The summed E-state index contributed by atoms with van der Waals surface area (Å²) >= 11 is 0. The van der Waals surface area contributed by atoms with Gasteiger partial charge < -0.3 is 4.43 Å². The summed E-state index contributed by atoms with van der Waals surface area (Å²) in [4.78, 5) is 0. The Morgan fingerprint density at radius 3 is 2.27 bits per heavy atom. The highest BCUT2D eigenvalue weighted by molar-refractivity contribution is 7.82. The maximum absolute atomic E-state index is 11.7. The third-order valence-electron chi connectivity index (χ3n) is 4.34. The highest BCUT2D eigenvalue weighted by Gasteiger charge is 2.44. The van der Waals surface area contributed by atoms with E-state index in [-0.39, 0.29) is 11.6 Å². The molecule has 0 aromatic heterocycles. The van der Waals surface area contributed by atoms with E-state index in [1.165, 1.54) is 0 Å². The first kappa shape index (κ1) is 17.6. The van der Waals surface area contributed by atoms with Crippen LogP contribution in [-0.2, 0) is 23.2 Å². The minimum Gasteiger partial charge on any atom is -0.414 e. The van der Waals surface area contributed by atoms with Crippen LogP contribution in [0, 0.1) is 0 Å². The van der Waals surface area contributed by atoms with Gasteiger partial charge in [0, 0.05) is 0 Å². The lowest BCUT2D eigenvalue weighted by atomic mass is 10.1. The summed E-state index contributed by atoms with van der Waals surface area (Å²) in [5.41, 5.74) is 0.771. The zero-order valence-corrected chi connectivity index (χ0v) is 15.5. The number of benzene rings is 1. The largest absolute Gasteiger partial charge is 0.414 e. The van der Waals surface area contributed by atoms with Crippen molar-refractivity contribution >= 4 is 18.7 Å². The van der Waals surface area contributed by atoms with Crippen molar-refractivity contribution in [2.75, 3.05) is 6.61 Å². The van der Waals surface area contributed by atoms with Gasteiger partial charge in [0.25, 0.3) is 0 Å². The number of rotatable bonds is 4. The molecule has 1 fully saturated rings. The van der Waals surface area contributed by atoms with Crippen molar-refractivity contribution in [2.45, 2.75) is 51.1 Å². The Balaban J connectivity index is 2.15.